The summed E-state index contributed by atoms with van der Waals surface area (Å²) in [7, 11) is 6.05. The summed E-state index contributed by atoms with van der Waals surface area (Å²) >= 11 is 0. The molecular weight excluding hydrogens is 362 g/mol. The third kappa shape index (κ3) is 7.17. The Morgan fingerprint density at radius 2 is 1.68 bits per heavy atom. The van der Waals surface area contributed by atoms with Crippen molar-refractivity contribution in [2.24, 2.45) is 24.2 Å². The number of aromatic nitrogens is 2. The largest absolute Gasteiger partial charge is 0.370 e. The minimum absolute atomic E-state index is 0.271. The highest BCUT2D eigenvalue weighted by Gasteiger charge is 2.24. The molecule has 0 aliphatic carbocycles. The summed E-state index contributed by atoms with van der Waals surface area (Å²) in [6.45, 7) is 0. The number of hydrogen-bond donors (Lipinski definition) is 5. The number of likely N-dealkylation sites (N-methyl/N-ethyl adjacent to an activating group) is 1. The standard InChI is InChI=1S/C16H19N5O3.2CH5N/c1-18-15(23)12(9-14(17)22)19-16(24)13-8-11(20-21(13)2)10-6-4-3-5-7-10;2*1-2/h3-8,12H,9H2,1-2H3,(H2,17,22)(H,18,23)(H,19,24);2*2H2,1H3/t12-;;/m0../s1. The van der Waals surface area contributed by atoms with E-state index in [0.29, 0.717) is 5.69 Å². The number of nitrogens with zero attached hydrogens (tertiary/aromatic N) is 2. The van der Waals surface area contributed by atoms with Crippen molar-refractivity contribution in [2.75, 3.05) is 21.1 Å². The molecule has 1 atom stereocenters. The molecule has 8 N–H and O–H groups in total. The average Bonchev–Trinajstić information content (AvgIpc) is 3.12. The van der Waals surface area contributed by atoms with Crippen LogP contribution in [-0.2, 0) is 16.6 Å². The molecule has 10 nitrogen and oxygen atoms in total. The van der Waals surface area contributed by atoms with Gasteiger partial charge in [0.1, 0.15) is 11.7 Å². The molecule has 1 aromatic heterocycles. The van der Waals surface area contributed by atoms with E-state index in [-0.39, 0.29) is 12.1 Å². The van der Waals surface area contributed by atoms with Crippen LogP contribution >= 0.6 is 0 Å². The topological polar surface area (TPSA) is 171 Å². The fraction of sp³-hybridized carbons (Fsp3) is 0.333. The van der Waals surface area contributed by atoms with Crippen molar-refractivity contribution in [2.45, 2.75) is 12.5 Å². The predicted octanol–water partition coefficient (Wildman–Crippen LogP) is -1.04. The summed E-state index contributed by atoms with van der Waals surface area (Å²) in [6, 6.07) is 9.98. The first-order valence-electron chi connectivity index (χ1n) is 8.48. The van der Waals surface area contributed by atoms with Crippen LogP contribution in [0.1, 0.15) is 16.9 Å². The normalized spacial score (nSPS) is 10.4. The maximum atomic E-state index is 12.4. The second-order valence-corrected chi connectivity index (χ2v) is 5.22. The van der Waals surface area contributed by atoms with Crippen molar-refractivity contribution in [3.63, 3.8) is 0 Å². The summed E-state index contributed by atoms with van der Waals surface area (Å²) < 4.78 is 1.42. The lowest BCUT2D eigenvalue weighted by molar-refractivity contribution is -0.126. The van der Waals surface area contributed by atoms with Crippen molar-refractivity contribution in [3.8, 4) is 11.3 Å². The van der Waals surface area contributed by atoms with Crippen LogP contribution in [0.3, 0.4) is 0 Å². The van der Waals surface area contributed by atoms with E-state index in [9.17, 15) is 14.4 Å². The minimum Gasteiger partial charge on any atom is -0.370 e. The summed E-state index contributed by atoms with van der Waals surface area (Å²) in [5.74, 6) is -1.69. The van der Waals surface area contributed by atoms with Crippen LogP contribution in [0.4, 0.5) is 0 Å². The number of carbonyl (C=O) groups excluding carboxylic acids is 3. The molecule has 3 amide bonds. The monoisotopic (exact) mass is 391 g/mol. The lowest BCUT2D eigenvalue weighted by Gasteiger charge is -2.15. The summed E-state index contributed by atoms with van der Waals surface area (Å²) in [4.78, 5) is 35.3. The first kappa shape index (κ1) is 24.8. The Morgan fingerprint density at radius 1 is 1.11 bits per heavy atom. The lowest BCUT2D eigenvalue weighted by Crippen LogP contribution is -2.48. The van der Waals surface area contributed by atoms with Gasteiger partial charge in [-0.25, -0.2) is 0 Å². The molecule has 0 spiro atoms. The van der Waals surface area contributed by atoms with E-state index >= 15 is 0 Å². The van der Waals surface area contributed by atoms with Gasteiger partial charge in [-0.3, -0.25) is 19.1 Å². The molecule has 0 fully saturated rings. The predicted molar refractivity (Wildman–Crippen MR) is 108 cm³/mol. The smallest absolute Gasteiger partial charge is 0.270 e. The van der Waals surface area contributed by atoms with Gasteiger partial charge >= 0.3 is 0 Å². The van der Waals surface area contributed by atoms with Crippen molar-refractivity contribution >= 4 is 17.7 Å². The maximum absolute atomic E-state index is 12.4. The first-order chi connectivity index (χ1) is 13.4. The van der Waals surface area contributed by atoms with Gasteiger partial charge in [-0.1, -0.05) is 30.3 Å². The Labute approximate surface area is 164 Å². The van der Waals surface area contributed by atoms with Crippen LogP contribution in [-0.4, -0.2) is 54.7 Å². The first-order valence-corrected chi connectivity index (χ1v) is 8.48. The fourth-order valence-corrected chi connectivity index (χ4v) is 2.25. The third-order valence-electron chi connectivity index (χ3n) is 3.46. The van der Waals surface area contributed by atoms with Crippen LogP contribution in [0.5, 0.6) is 0 Å². The Balaban J connectivity index is 0.00000171. The van der Waals surface area contributed by atoms with E-state index in [1.807, 2.05) is 30.3 Å². The van der Waals surface area contributed by atoms with Gasteiger partial charge in [0.15, 0.2) is 0 Å². The highest BCUT2D eigenvalue weighted by Crippen LogP contribution is 2.18. The molecular formula is C18H29N7O3. The Bertz CT molecular complexity index is 760. The highest BCUT2D eigenvalue weighted by atomic mass is 16.2. The van der Waals surface area contributed by atoms with E-state index in [1.165, 1.54) is 25.8 Å². The summed E-state index contributed by atoms with van der Waals surface area (Å²) in [5, 5.41) is 9.20. The van der Waals surface area contributed by atoms with E-state index in [0.717, 1.165) is 5.56 Å². The number of rotatable bonds is 6. The summed E-state index contributed by atoms with van der Waals surface area (Å²) in [6.07, 6.45) is -0.283. The molecule has 2 aromatic rings. The molecule has 0 aliphatic rings. The van der Waals surface area contributed by atoms with Crippen LogP contribution in [0.15, 0.2) is 36.4 Å². The van der Waals surface area contributed by atoms with Gasteiger partial charge in [-0.15, -0.1) is 0 Å². The van der Waals surface area contributed by atoms with E-state index in [2.05, 4.69) is 27.2 Å². The number of carbonyl (C=O) groups is 3. The summed E-state index contributed by atoms with van der Waals surface area (Å²) in [5.41, 5.74) is 15.9. The van der Waals surface area contributed by atoms with Crippen LogP contribution in [0.25, 0.3) is 11.3 Å². The molecule has 1 aromatic carbocycles. The van der Waals surface area contributed by atoms with E-state index in [4.69, 9.17) is 5.73 Å². The average molecular weight is 391 g/mol. The minimum atomic E-state index is -1.03. The zero-order valence-corrected chi connectivity index (χ0v) is 16.6. The van der Waals surface area contributed by atoms with Crippen LogP contribution < -0.4 is 27.8 Å². The Kier molecular flexibility index (Phi) is 11.5. The number of nitrogens with two attached hydrogens (primary N) is 3. The molecule has 10 heteroatoms. The second kappa shape index (κ2) is 13.0. The zero-order valence-electron chi connectivity index (χ0n) is 16.6. The van der Waals surface area contributed by atoms with Crippen LogP contribution in [0, 0.1) is 0 Å². The zero-order chi connectivity index (χ0) is 21.7. The van der Waals surface area contributed by atoms with Gasteiger partial charge in [0.25, 0.3) is 5.91 Å². The van der Waals surface area contributed by atoms with Gasteiger partial charge in [-0.05, 0) is 20.2 Å². The van der Waals surface area contributed by atoms with Crippen molar-refractivity contribution in [1.82, 2.24) is 20.4 Å². The third-order valence-corrected chi connectivity index (χ3v) is 3.46. The van der Waals surface area contributed by atoms with E-state index in [1.54, 1.807) is 13.1 Å². The molecule has 0 bridgehead atoms. The maximum Gasteiger partial charge on any atom is 0.270 e. The van der Waals surface area contributed by atoms with Crippen molar-refractivity contribution in [1.29, 1.82) is 0 Å². The fourth-order valence-electron chi connectivity index (χ4n) is 2.25. The van der Waals surface area contributed by atoms with E-state index < -0.39 is 23.8 Å². The molecule has 0 unspecified atom stereocenters. The number of benzene rings is 1. The van der Waals surface area contributed by atoms with Gasteiger partial charge in [0, 0.05) is 19.7 Å². The number of primary amides is 1. The second-order valence-electron chi connectivity index (χ2n) is 5.22. The quantitative estimate of drug-likeness (QED) is 0.421. The number of aryl methyl sites for hydroxylation is 1. The van der Waals surface area contributed by atoms with Gasteiger partial charge in [-0.2, -0.15) is 5.10 Å². The number of hydrogen-bond acceptors (Lipinski definition) is 6. The van der Waals surface area contributed by atoms with Gasteiger partial charge < -0.3 is 27.8 Å². The molecule has 1 heterocycles. The molecule has 0 saturated carbocycles. The molecule has 0 radical (unpaired) electrons. The lowest BCUT2D eigenvalue weighted by atomic mass is 10.1. The van der Waals surface area contributed by atoms with Crippen LogP contribution in [0.2, 0.25) is 0 Å². The number of amides is 3. The molecule has 28 heavy (non-hydrogen) atoms. The molecule has 154 valence electrons. The molecule has 2 rings (SSSR count). The highest BCUT2D eigenvalue weighted by molar-refractivity contribution is 5.98. The SMILES string of the molecule is CN.CN.CNC(=O)[C@H](CC(N)=O)NC(=O)c1cc(-c2ccccc2)nn1C. The Morgan fingerprint density at radius 3 is 2.18 bits per heavy atom. The molecule has 0 saturated heterocycles. The number of nitrogens with one attached hydrogen (secondary N) is 2. The van der Waals surface area contributed by atoms with Crippen molar-refractivity contribution in [3.05, 3.63) is 42.1 Å². The van der Waals surface area contributed by atoms with Gasteiger partial charge in [0.05, 0.1) is 12.1 Å². The Hall–Kier alpha value is -3.24. The van der Waals surface area contributed by atoms with Crippen molar-refractivity contribution < 1.29 is 14.4 Å². The van der Waals surface area contributed by atoms with Gasteiger partial charge in [0.2, 0.25) is 11.8 Å². The molecule has 0 aliphatic heterocycles.